The lowest BCUT2D eigenvalue weighted by Gasteiger charge is -2.25. The molecule has 0 radical (unpaired) electrons. The van der Waals surface area contributed by atoms with Crippen LogP contribution in [-0.4, -0.2) is 43.2 Å². The molecular formula is C7H11F6N3. The molecule has 0 aliphatic carbocycles. The quantitative estimate of drug-likeness (QED) is 0.453. The molecule has 0 aromatic carbocycles. The predicted octanol–water partition coefficient (Wildman–Crippen LogP) is 1.59. The van der Waals surface area contributed by atoms with Gasteiger partial charge in [0.1, 0.15) is 11.8 Å². The molecule has 16 heavy (non-hydrogen) atoms. The topological polar surface area (TPSA) is 53.1 Å². The van der Waals surface area contributed by atoms with Crippen molar-refractivity contribution in [2.75, 3.05) is 20.1 Å². The first-order chi connectivity index (χ1) is 6.93. The van der Waals surface area contributed by atoms with E-state index in [0.717, 1.165) is 7.05 Å². The second-order valence-electron chi connectivity index (χ2n) is 3.36. The molecule has 0 rings (SSSR count). The van der Waals surface area contributed by atoms with E-state index in [4.69, 9.17) is 11.1 Å². The van der Waals surface area contributed by atoms with Gasteiger partial charge in [-0.2, -0.15) is 26.3 Å². The summed E-state index contributed by atoms with van der Waals surface area (Å²) in [5.41, 5.74) is 4.69. The molecule has 96 valence electrons. The number of hydrogen-bond donors (Lipinski definition) is 2. The van der Waals surface area contributed by atoms with Crippen molar-refractivity contribution < 1.29 is 26.3 Å². The molecule has 9 heteroatoms. The van der Waals surface area contributed by atoms with Crippen LogP contribution >= 0.6 is 0 Å². The van der Waals surface area contributed by atoms with E-state index in [0.29, 0.717) is 4.90 Å². The van der Waals surface area contributed by atoms with E-state index < -0.39 is 37.2 Å². The molecule has 0 aromatic heterocycles. The highest BCUT2D eigenvalue weighted by atomic mass is 19.4. The summed E-state index contributed by atoms with van der Waals surface area (Å²) >= 11 is 0. The van der Waals surface area contributed by atoms with Crippen LogP contribution in [-0.2, 0) is 0 Å². The summed E-state index contributed by atoms with van der Waals surface area (Å²) in [7, 11) is 0.884. The maximum Gasteiger partial charge on any atom is 0.401 e. The molecule has 0 aromatic rings. The molecule has 0 fully saturated rings. The molecule has 0 saturated carbocycles. The Bertz CT molecular complexity index is 245. The van der Waals surface area contributed by atoms with Crippen LogP contribution < -0.4 is 5.73 Å². The second-order valence-corrected chi connectivity index (χ2v) is 3.36. The fourth-order valence-corrected chi connectivity index (χ4v) is 1.06. The molecule has 0 aliphatic heterocycles. The van der Waals surface area contributed by atoms with Crippen LogP contribution in [0.2, 0.25) is 0 Å². The van der Waals surface area contributed by atoms with E-state index in [1.165, 1.54) is 0 Å². The van der Waals surface area contributed by atoms with Crippen molar-refractivity contribution in [3.63, 3.8) is 0 Å². The van der Waals surface area contributed by atoms with Gasteiger partial charge in [-0.25, -0.2) is 0 Å². The van der Waals surface area contributed by atoms with Gasteiger partial charge in [-0.1, -0.05) is 0 Å². The van der Waals surface area contributed by atoms with Gasteiger partial charge in [0, 0.05) is 6.54 Å². The minimum absolute atomic E-state index is 0.430. The molecule has 1 atom stereocenters. The van der Waals surface area contributed by atoms with Crippen LogP contribution in [0, 0.1) is 11.3 Å². The highest BCUT2D eigenvalue weighted by Crippen LogP contribution is 2.27. The zero-order valence-electron chi connectivity index (χ0n) is 8.28. The first-order valence-corrected chi connectivity index (χ1v) is 4.09. The van der Waals surface area contributed by atoms with E-state index in [1.54, 1.807) is 0 Å². The molecule has 0 spiro atoms. The summed E-state index contributed by atoms with van der Waals surface area (Å²) < 4.78 is 72.2. The normalized spacial score (nSPS) is 15.2. The Labute approximate surface area is 87.7 Å². The maximum atomic E-state index is 12.2. The molecule has 1 unspecified atom stereocenters. The summed E-state index contributed by atoms with van der Waals surface area (Å²) in [6.45, 7) is -2.47. The minimum atomic E-state index is -4.81. The van der Waals surface area contributed by atoms with Crippen molar-refractivity contribution in [1.29, 1.82) is 5.41 Å². The van der Waals surface area contributed by atoms with E-state index >= 15 is 0 Å². The molecule has 0 heterocycles. The highest BCUT2D eigenvalue weighted by molar-refractivity contribution is 5.80. The number of hydrogen-bond acceptors (Lipinski definition) is 2. The zero-order chi connectivity index (χ0) is 13.1. The number of amidine groups is 1. The Morgan fingerprint density at radius 3 is 1.94 bits per heavy atom. The largest absolute Gasteiger partial charge is 0.401 e. The average molecular weight is 251 g/mol. The molecular weight excluding hydrogens is 240 g/mol. The average Bonchev–Trinajstić information content (AvgIpc) is 1.93. The standard InChI is InChI=1S/C7H11F6N3/c1-16(3-6(8,9)10)2-4(5(14)15)7(11,12)13/h4H,2-3H2,1H3,(H3,14,15). The Kier molecular flexibility index (Phi) is 4.59. The first-order valence-electron chi connectivity index (χ1n) is 4.09. The third-order valence-corrected chi connectivity index (χ3v) is 1.71. The number of halogens is 6. The lowest BCUT2D eigenvalue weighted by atomic mass is 10.1. The summed E-state index contributed by atoms with van der Waals surface area (Å²) in [6, 6.07) is 0. The van der Waals surface area contributed by atoms with Gasteiger partial charge in [0.2, 0.25) is 0 Å². The number of nitrogens with one attached hydrogen (secondary N) is 1. The zero-order valence-corrected chi connectivity index (χ0v) is 8.28. The van der Waals surface area contributed by atoms with Crippen LogP contribution in [0.25, 0.3) is 0 Å². The van der Waals surface area contributed by atoms with Gasteiger partial charge in [-0.05, 0) is 7.05 Å². The predicted molar refractivity (Wildman–Crippen MR) is 45.0 cm³/mol. The van der Waals surface area contributed by atoms with E-state index in [9.17, 15) is 26.3 Å². The number of alkyl halides is 6. The van der Waals surface area contributed by atoms with Crippen molar-refractivity contribution in [3.05, 3.63) is 0 Å². The van der Waals surface area contributed by atoms with Gasteiger partial charge in [-0.15, -0.1) is 0 Å². The Hall–Kier alpha value is -0.990. The summed E-state index contributed by atoms with van der Waals surface area (Å²) in [4.78, 5) is 0.430. The fourth-order valence-electron chi connectivity index (χ4n) is 1.06. The monoisotopic (exact) mass is 251 g/mol. The van der Waals surface area contributed by atoms with E-state index in [1.807, 2.05) is 0 Å². The van der Waals surface area contributed by atoms with Crippen molar-refractivity contribution in [3.8, 4) is 0 Å². The maximum absolute atomic E-state index is 12.2. The van der Waals surface area contributed by atoms with E-state index in [2.05, 4.69) is 0 Å². The number of nitrogens with zero attached hydrogens (tertiary/aromatic N) is 1. The number of nitrogens with two attached hydrogens (primary N) is 1. The van der Waals surface area contributed by atoms with Gasteiger partial charge in [0.25, 0.3) is 0 Å². The van der Waals surface area contributed by atoms with Crippen molar-refractivity contribution in [1.82, 2.24) is 4.90 Å². The summed E-state index contributed by atoms with van der Waals surface area (Å²) in [5.74, 6) is -3.57. The molecule has 3 nitrogen and oxygen atoms in total. The van der Waals surface area contributed by atoms with Gasteiger partial charge in [0.05, 0.1) is 6.54 Å². The lowest BCUT2D eigenvalue weighted by Crippen LogP contribution is -2.45. The molecule has 0 bridgehead atoms. The summed E-state index contributed by atoms with van der Waals surface area (Å²) in [5, 5.41) is 6.68. The third kappa shape index (κ3) is 5.79. The number of rotatable bonds is 4. The lowest BCUT2D eigenvalue weighted by molar-refractivity contribution is -0.171. The Balaban J connectivity index is 4.49. The minimum Gasteiger partial charge on any atom is -0.387 e. The fraction of sp³-hybridized carbons (Fsp3) is 0.857. The van der Waals surface area contributed by atoms with Gasteiger partial charge < -0.3 is 5.73 Å². The van der Waals surface area contributed by atoms with Gasteiger partial charge >= 0.3 is 12.4 Å². The Morgan fingerprint density at radius 2 is 1.69 bits per heavy atom. The van der Waals surface area contributed by atoms with Crippen LogP contribution in [0.4, 0.5) is 26.3 Å². The SMILES string of the molecule is CN(CC(C(=N)N)C(F)(F)F)CC(F)(F)F. The third-order valence-electron chi connectivity index (χ3n) is 1.71. The highest BCUT2D eigenvalue weighted by Gasteiger charge is 2.43. The van der Waals surface area contributed by atoms with Crippen molar-refractivity contribution >= 4 is 5.84 Å². The molecule has 3 N–H and O–H groups in total. The van der Waals surface area contributed by atoms with Crippen molar-refractivity contribution in [2.24, 2.45) is 11.7 Å². The van der Waals surface area contributed by atoms with Crippen LogP contribution in [0.15, 0.2) is 0 Å². The van der Waals surface area contributed by atoms with Crippen LogP contribution in [0.3, 0.4) is 0 Å². The molecule has 0 aliphatic rings. The van der Waals surface area contributed by atoms with Crippen LogP contribution in [0.5, 0.6) is 0 Å². The van der Waals surface area contributed by atoms with E-state index in [-0.39, 0.29) is 0 Å². The molecule has 0 saturated heterocycles. The first kappa shape index (κ1) is 15.0. The van der Waals surface area contributed by atoms with Crippen LogP contribution in [0.1, 0.15) is 0 Å². The smallest absolute Gasteiger partial charge is 0.387 e. The van der Waals surface area contributed by atoms with Crippen molar-refractivity contribution in [2.45, 2.75) is 12.4 Å². The van der Waals surface area contributed by atoms with Gasteiger partial charge in [0.15, 0.2) is 0 Å². The summed E-state index contributed by atoms with van der Waals surface area (Å²) in [6.07, 6.45) is -9.40. The second kappa shape index (κ2) is 4.89. The Morgan fingerprint density at radius 1 is 1.25 bits per heavy atom. The molecule has 0 amide bonds. The van der Waals surface area contributed by atoms with Gasteiger partial charge in [-0.3, -0.25) is 10.3 Å².